The van der Waals surface area contributed by atoms with Crippen molar-refractivity contribution in [3.63, 3.8) is 0 Å². The Kier molecular flexibility index (Phi) is 7.09. The molecule has 1 unspecified atom stereocenters. The van der Waals surface area contributed by atoms with Crippen LogP contribution < -0.4 is 10.6 Å². The van der Waals surface area contributed by atoms with Crippen molar-refractivity contribution in [3.05, 3.63) is 0 Å². The molecule has 0 radical (unpaired) electrons. The monoisotopic (exact) mass is 190 g/mol. The van der Waals surface area contributed by atoms with Gasteiger partial charge in [0.1, 0.15) is 0 Å². The molecule has 3 nitrogen and oxygen atoms in total. The standard InChI is InChI=1S/C8H18N2OS/c1-4-5-9-8(12)10-6-7(2)11-3/h7H,4-6H2,1-3H3,(H2,9,10,12). The Hall–Kier alpha value is -0.350. The smallest absolute Gasteiger partial charge is 0.166 e. The molecule has 0 fully saturated rings. The molecule has 0 aliphatic carbocycles. The molecule has 12 heavy (non-hydrogen) atoms. The van der Waals surface area contributed by atoms with E-state index < -0.39 is 0 Å². The van der Waals surface area contributed by atoms with Gasteiger partial charge < -0.3 is 15.4 Å². The Morgan fingerprint density at radius 2 is 2.17 bits per heavy atom. The average molecular weight is 190 g/mol. The highest BCUT2D eigenvalue weighted by Gasteiger charge is 1.99. The van der Waals surface area contributed by atoms with Crippen molar-refractivity contribution in [2.45, 2.75) is 26.4 Å². The highest BCUT2D eigenvalue weighted by atomic mass is 32.1. The van der Waals surface area contributed by atoms with Crippen LogP contribution in [0.15, 0.2) is 0 Å². The molecule has 72 valence electrons. The third-order valence-electron chi connectivity index (χ3n) is 1.49. The molecule has 0 amide bonds. The van der Waals surface area contributed by atoms with E-state index in [4.69, 9.17) is 17.0 Å². The van der Waals surface area contributed by atoms with Gasteiger partial charge in [0, 0.05) is 20.2 Å². The zero-order valence-electron chi connectivity index (χ0n) is 8.02. The lowest BCUT2D eigenvalue weighted by molar-refractivity contribution is 0.121. The van der Waals surface area contributed by atoms with E-state index in [2.05, 4.69) is 17.6 Å². The zero-order chi connectivity index (χ0) is 9.40. The van der Waals surface area contributed by atoms with Crippen LogP contribution in [0.5, 0.6) is 0 Å². The van der Waals surface area contributed by atoms with Gasteiger partial charge in [0.05, 0.1) is 6.10 Å². The van der Waals surface area contributed by atoms with Gasteiger partial charge in [-0.2, -0.15) is 0 Å². The van der Waals surface area contributed by atoms with Gasteiger partial charge in [-0.15, -0.1) is 0 Å². The van der Waals surface area contributed by atoms with Crippen LogP contribution in [0.4, 0.5) is 0 Å². The minimum absolute atomic E-state index is 0.200. The Labute approximate surface area is 79.9 Å². The SMILES string of the molecule is CCCNC(=S)NCC(C)OC. The molecule has 0 aliphatic heterocycles. The number of ether oxygens (including phenoxy) is 1. The third kappa shape index (κ3) is 6.37. The Morgan fingerprint density at radius 3 is 2.67 bits per heavy atom. The normalized spacial score (nSPS) is 12.2. The fraction of sp³-hybridized carbons (Fsp3) is 0.875. The first kappa shape index (κ1) is 11.6. The van der Waals surface area contributed by atoms with Gasteiger partial charge in [-0.1, -0.05) is 6.92 Å². The van der Waals surface area contributed by atoms with Crippen LogP contribution in [0.1, 0.15) is 20.3 Å². The lowest BCUT2D eigenvalue weighted by Gasteiger charge is -2.13. The molecule has 2 N–H and O–H groups in total. The second kappa shape index (κ2) is 7.31. The van der Waals surface area contributed by atoms with Crippen LogP contribution in [-0.4, -0.2) is 31.4 Å². The first-order valence-corrected chi connectivity index (χ1v) is 4.66. The second-order valence-corrected chi connectivity index (χ2v) is 3.09. The van der Waals surface area contributed by atoms with E-state index in [1.165, 1.54) is 0 Å². The molecule has 0 aromatic heterocycles. The summed E-state index contributed by atoms with van der Waals surface area (Å²) < 4.78 is 5.06. The quantitative estimate of drug-likeness (QED) is 0.631. The first-order chi connectivity index (χ1) is 5.70. The van der Waals surface area contributed by atoms with Crippen molar-refractivity contribution >= 4 is 17.3 Å². The van der Waals surface area contributed by atoms with Gasteiger partial charge in [0.25, 0.3) is 0 Å². The number of hydrogen-bond donors (Lipinski definition) is 2. The maximum atomic E-state index is 5.06. The van der Waals surface area contributed by atoms with E-state index in [0.717, 1.165) is 19.5 Å². The summed E-state index contributed by atoms with van der Waals surface area (Å²) in [6, 6.07) is 0. The predicted octanol–water partition coefficient (Wildman–Crippen LogP) is 0.895. The van der Waals surface area contributed by atoms with Crippen LogP contribution in [0, 0.1) is 0 Å². The van der Waals surface area contributed by atoms with Crippen molar-refractivity contribution in [1.82, 2.24) is 10.6 Å². The number of hydrogen-bond acceptors (Lipinski definition) is 2. The van der Waals surface area contributed by atoms with Gasteiger partial charge in [-0.25, -0.2) is 0 Å². The molecule has 1 atom stereocenters. The van der Waals surface area contributed by atoms with E-state index in [1.807, 2.05) is 6.92 Å². The summed E-state index contributed by atoms with van der Waals surface area (Å²) in [6.07, 6.45) is 1.29. The average Bonchev–Trinajstić information content (AvgIpc) is 2.10. The summed E-state index contributed by atoms with van der Waals surface area (Å²) in [5.74, 6) is 0. The topological polar surface area (TPSA) is 33.3 Å². The van der Waals surface area contributed by atoms with Crippen molar-refractivity contribution < 1.29 is 4.74 Å². The molecule has 0 rings (SSSR count). The predicted molar refractivity (Wildman–Crippen MR) is 55.4 cm³/mol. The Morgan fingerprint density at radius 1 is 1.50 bits per heavy atom. The molecule has 0 saturated heterocycles. The summed E-state index contributed by atoms with van der Waals surface area (Å²) in [4.78, 5) is 0. The van der Waals surface area contributed by atoms with Gasteiger partial charge in [0.15, 0.2) is 5.11 Å². The number of methoxy groups -OCH3 is 1. The van der Waals surface area contributed by atoms with Gasteiger partial charge >= 0.3 is 0 Å². The highest BCUT2D eigenvalue weighted by Crippen LogP contribution is 1.83. The van der Waals surface area contributed by atoms with Crippen molar-refractivity contribution in [3.8, 4) is 0 Å². The molecule has 0 saturated carbocycles. The maximum Gasteiger partial charge on any atom is 0.166 e. The van der Waals surface area contributed by atoms with Crippen LogP contribution >= 0.6 is 12.2 Å². The Bertz CT molecular complexity index is 130. The van der Waals surface area contributed by atoms with E-state index >= 15 is 0 Å². The minimum Gasteiger partial charge on any atom is -0.380 e. The highest BCUT2D eigenvalue weighted by molar-refractivity contribution is 7.80. The molecule has 4 heteroatoms. The summed E-state index contributed by atoms with van der Waals surface area (Å²) in [5.41, 5.74) is 0. The van der Waals surface area contributed by atoms with Crippen molar-refractivity contribution in [2.24, 2.45) is 0 Å². The van der Waals surface area contributed by atoms with Crippen LogP contribution in [-0.2, 0) is 4.74 Å². The lowest BCUT2D eigenvalue weighted by Crippen LogP contribution is -2.39. The second-order valence-electron chi connectivity index (χ2n) is 2.68. The molecule has 0 aliphatic rings. The van der Waals surface area contributed by atoms with E-state index in [9.17, 15) is 0 Å². The van der Waals surface area contributed by atoms with Gasteiger partial charge in [-0.05, 0) is 25.6 Å². The third-order valence-corrected chi connectivity index (χ3v) is 1.78. The van der Waals surface area contributed by atoms with Crippen molar-refractivity contribution in [2.75, 3.05) is 20.2 Å². The fourth-order valence-electron chi connectivity index (χ4n) is 0.621. The van der Waals surface area contributed by atoms with Crippen LogP contribution in [0.3, 0.4) is 0 Å². The Balaban J connectivity index is 3.31. The number of rotatable bonds is 5. The minimum atomic E-state index is 0.200. The van der Waals surface area contributed by atoms with Gasteiger partial charge in [0.2, 0.25) is 0 Å². The summed E-state index contributed by atoms with van der Waals surface area (Å²) >= 11 is 5.01. The van der Waals surface area contributed by atoms with E-state index in [0.29, 0.717) is 5.11 Å². The van der Waals surface area contributed by atoms with E-state index in [-0.39, 0.29) is 6.10 Å². The molecule has 0 spiro atoms. The summed E-state index contributed by atoms with van der Waals surface area (Å²) in [7, 11) is 1.69. The molecule has 0 bridgehead atoms. The number of thiocarbonyl (C=S) groups is 1. The maximum absolute atomic E-state index is 5.06. The molecular weight excluding hydrogens is 172 g/mol. The molecule has 0 aromatic carbocycles. The van der Waals surface area contributed by atoms with Gasteiger partial charge in [-0.3, -0.25) is 0 Å². The fourth-order valence-corrected chi connectivity index (χ4v) is 0.806. The van der Waals surface area contributed by atoms with Crippen LogP contribution in [0.2, 0.25) is 0 Å². The summed E-state index contributed by atoms with van der Waals surface area (Å²) in [6.45, 7) is 5.78. The molecular formula is C8H18N2OS. The van der Waals surface area contributed by atoms with E-state index in [1.54, 1.807) is 7.11 Å². The number of nitrogens with one attached hydrogen (secondary N) is 2. The zero-order valence-corrected chi connectivity index (χ0v) is 8.83. The summed E-state index contributed by atoms with van der Waals surface area (Å²) in [5, 5.41) is 6.85. The molecule has 0 aromatic rings. The largest absolute Gasteiger partial charge is 0.380 e. The van der Waals surface area contributed by atoms with Crippen LogP contribution in [0.25, 0.3) is 0 Å². The van der Waals surface area contributed by atoms with Crippen molar-refractivity contribution in [1.29, 1.82) is 0 Å². The lowest BCUT2D eigenvalue weighted by atomic mass is 10.4. The molecule has 0 heterocycles. The first-order valence-electron chi connectivity index (χ1n) is 4.25.